The number of anilines is 2. The van der Waals surface area contributed by atoms with Crippen molar-refractivity contribution in [1.82, 2.24) is 4.90 Å². The number of aliphatic hydroxyl groups is 1. The van der Waals surface area contributed by atoms with Gasteiger partial charge in [0, 0.05) is 50.6 Å². The zero-order valence-electron chi connectivity index (χ0n) is 18.1. The van der Waals surface area contributed by atoms with Crippen molar-refractivity contribution in [3.05, 3.63) is 59.7 Å². The van der Waals surface area contributed by atoms with E-state index in [1.807, 2.05) is 13.8 Å². The highest BCUT2D eigenvalue weighted by Crippen LogP contribution is 2.31. The summed E-state index contributed by atoms with van der Waals surface area (Å²) < 4.78 is 0. The molecule has 29 heavy (non-hydrogen) atoms. The van der Waals surface area contributed by atoms with Crippen LogP contribution in [0.4, 0.5) is 11.4 Å². The molecule has 0 spiro atoms. The van der Waals surface area contributed by atoms with Crippen LogP contribution >= 0.6 is 0 Å². The number of rotatable bonds is 5. The third kappa shape index (κ3) is 4.76. The summed E-state index contributed by atoms with van der Waals surface area (Å²) in [6.07, 6.45) is 2.39. The lowest BCUT2D eigenvalue weighted by molar-refractivity contribution is 0.0786. The third-order valence-electron chi connectivity index (χ3n) is 6.57. The van der Waals surface area contributed by atoms with Gasteiger partial charge in [-0.3, -0.25) is 0 Å². The second kappa shape index (κ2) is 8.37. The number of hydrogen-bond donors (Lipinski definition) is 1. The standard InChI is InChI=1S/C25H35N3O/c1-25(2,29)22-8-10-23(11-9-22)28-13-12-20(19-28)18-21-6-4-5-7-24(21)27-16-14-26(3)15-17-27/h4-11,20,29H,12-19H2,1-3H3. The number of para-hydroxylation sites is 1. The first kappa shape index (κ1) is 20.2. The highest BCUT2D eigenvalue weighted by molar-refractivity contribution is 5.55. The molecule has 1 atom stereocenters. The van der Waals surface area contributed by atoms with Crippen LogP contribution < -0.4 is 9.80 Å². The summed E-state index contributed by atoms with van der Waals surface area (Å²) >= 11 is 0. The van der Waals surface area contributed by atoms with Gasteiger partial charge in [-0.2, -0.15) is 0 Å². The predicted molar refractivity (Wildman–Crippen MR) is 122 cm³/mol. The van der Waals surface area contributed by atoms with Gasteiger partial charge in [0.05, 0.1) is 5.60 Å². The van der Waals surface area contributed by atoms with E-state index in [1.165, 1.54) is 23.4 Å². The molecule has 0 aromatic heterocycles. The van der Waals surface area contributed by atoms with Gasteiger partial charge in [-0.25, -0.2) is 0 Å². The summed E-state index contributed by atoms with van der Waals surface area (Å²) in [5.74, 6) is 0.692. The lowest BCUT2D eigenvalue weighted by atomic mass is 9.96. The minimum absolute atomic E-state index is 0.692. The summed E-state index contributed by atoms with van der Waals surface area (Å²) in [7, 11) is 2.21. The maximum atomic E-state index is 10.2. The van der Waals surface area contributed by atoms with Crippen LogP contribution in [0, 0.1) is 5.92 Å². The Morgan fingerprint density at radius 1 is 0.897 bits per heavy atom. The molecule has 2 aliphatic rings. The minimum Gasteiger partial charge on any atom is -0.386 e. The Hall–Kier alpha value is -2.04. The fourth-order valence-electron chi connectivity index (χ4n) is 4.66. The average Bonchev–Trinajstić information content (AvgIpc) is 3.17. The van der Waals surface area contributed by atoms with E-state index in [1.54, 1.807) is 0 Å². The molecular formula is C25H35N3O. The van der Waals surface area contributed by atoms with Gasteiger partial charge in [-0.15, -0.1) is 0 Å². The highest BCUT2D eigenvalue weighted by atomic mass is 16.3. The van der Waals surface area contributed by atoms with Gasteiger partial charge >= 0.3 is 0 Å². The van der Waals surface area contributed by atoms with Crippen LogP contribution in [-0.4, -0.2) is 56.3 Å². The maximum absolute atomic E-state index is 10.2. The number of hydrogen-bond acceptors (Lipinski definition) is 4. The van der Waals surface area contributed by atoms with Crippen LogP contribution in [-0.2, 0) is 12.0 Å². The van der Waals surface area contributed by atoms with Crippen LogP contribution in [0.25, 0.3) is 0 Å². The molecule has 0 amide bonds. The van der Waals surface area contributed by atoms with Crippen molar-refractivity contribution in [2.24, 2.45) is 5.92 Å². The molecule has 0 bridgehead atoms. The molecule has 0 radical (unpaired) electrons. The lowest BCUT2D eigenvalue weighted by Crippen LogP contribution is -2.44. The van der Waals surface area contributed by atoms with Crippen molar-refractivity contribution in [3.8, 4) is 0 Å². The van der Waals surface area contributed by atoms with Crippen LogP contribution in [0.15, 0.2) is 48.5 Å². The van der Waals surface area contributed by atoms with E-state index in [9.17, 15) is 5.11 Å². The van der Waals surface area contributed by atoms with Crippen LogP contribution in [0.1, 0.15) is 31.4 Å². The Bertz CT molecular complexity index is 804. The third-order valence-corrected chi connectivity index (χ3v) is 6.57. The summed E-state index contributed by atoms with van der Waals surface area (Å²) in [5, 5.41) is 10.2. The second-order valence-corrected chi connectivity index (χ2v) is 9.33. The summed E-state index contributed by atoms with van der Waals surface area (Å²) in [5.41, 5.74) is 4.40. The molecule has 2 aromatic rings. The summed E-state index contributed by atoms with van der Waals surface area (Å²) in [6, 6.07) is 17.5. The molecule has 2 aromatic carbocycles. The van der Waals surface area contributed by atoms with Gasteiger partial charge in [-0.05, 0) is 69.0 Å². The Labute approximate surface area is 175 Å². The number of nitrogens with zero attached hydrogens (tertiary/aromatic N) is 3. The van der Waals surface area contributed by atoms with Gasteiger partial charge in [-0.1, -0.05) is 30.3 Å². The van der Waals surface area contributed by atoms with Crippen molar-refractivity contribution in [3.63, 3.8) is 0 Å². The molecular weight excluding hydrogens is 358 g/mol. The number of likely N-dealkylation sites (N-methyl/N-ethyl adjacent to an activating group) is 1. The molecule has 4 nitrogen and oxygen atoms in total. The van der Waals surface area contributed by atoms with E-state index in [0.717, 1.165) is 51.3 Å². The summed E-state index contributed by atoms with van der Waals surface area (Å²) in [4.78, 5) is 7.48. The molecule has 4 rings (SSSR count). The van der Waals surface area contributed by atoms with Crippen LogP contribution in [0.5, 0.6) is 0 Å². The van der Waals surface area contributed by atoms with E-state index in [4.69, 9.17) is 0 Å². The Morgan fingerprint density at radius 3 is 2.28 bits per heavy atom. The van der Waals surface area contributed by atoms with Gasteiger partial charge in [0.25, 0.3) is 0 Å². The molecule has 0 aliphatic carbocycles. The molecule has 1 unspecified atom stereocenters. The zero-order valence-corrected chi connectivity index (χ0v) is 18.1. The van der Waals surface area contributed by atoms with Crippen molar-refractivity contribution < 1.29 is 5.11 Å². The first-order valence-electron chi connectivity index (χ1n) is 11.0. The number of piperazine rings is 1. The molecule has 0 saturated carbocycles. The van der Waals surface area contributed by atoms with Crippen LogP contribution in [0.2, 0.25) is 0 Å². The van der Waals surface area contributed by atoms with Crippen molar-refractivity contribution >= 4 is 11.4 Å². The fraction of sp³-hybridized carbons (Fsp3) is 0.520. The van der Waals surface area contributed by atoms with E-state index in [2.05, 4.69) is 70.3 Å². The smallest absolute Gasteiger partial charge is 0.0840 e. The normalized spacial score (nSPS) is 21.0. The number of benzene rings is 2. The molecule has 2 saturated heterocycles. The Morgan fingerprint density at radius 2 is 1.59 bits per heavy atom. The second-order valence-electron chi connectivity index (χ2n) is 9.33. The average molecular weight is 394 g/mol. The highest BCUT2D eigenvalue weighted by Gasteiger charge is 2.25. The van der Waals surface area contributed by atoms with Gasteiger partial charge in [0.2, 0.25) is 0 Å². The summed E-state index contributed by atoms with van der Waals surface area (Å²) in [6.45, 7) is 10.4. The Kier molecular flexibility index (Phi) is 5.84. The Balaban J connectivity index is 1.41. The first-order valence-corrected chi connectivity index (χ1v) is 11.0. The molecule has 156 valence electrons. The molecule has 2 fully saturated rings. The molecule has 2 aliphatic heterocycles. The van der Waals surface area contributed by atoms with Crippen molar-refractivity contribution in [2.45, 2.75) is 32.3 Å². The van der Waals surface area contributed by atoms with Gasteiger partial charge < -0.3 is 19.8 Å². The first-order chi connectivity index (χ1) is 13.9. The molecule has 1 N–H and O–H groups in total. The fourth-order valence-corrected chi connectivity index (χ4v) is 4.66. The van der Waals surface area contributed by atoms with E-state index < -0.39 is 5.60 Å². The van der Waals surface area contributed by atoms with Crippen LogP contribution in [0.3, 0.4) is 0 Å². The van der Waals surface area contributed by atoms with E-state index in [0.29, 0.717) is 5.92 Å². The van der Waals surface area contributed by atoms with E-state index in [-0.39, 0.29) is 0 Å². The van der Waals surface area contributed by atoms with E-state index >= 15 is 0 Å². The molecule has 2 heterocycles. The SMILES string of the molecule is CN1CCN(c2ccccc2CC2CCN(c3ccc(C(C)(C)O)cc3)C2)CC1. The van der Waals surface area contributed by atoms with Crippen molar-refractivity contribution in [1.29, 1.82) is 0 Å². The zero-order chi connectivity index (χ0) is 20.4. The lowest BCUT2D eigenvalue weighted by Gasteiger charge is -2.35. The molecule has 4 heteroatoms. The maximum Gasteiger partial charge on any atom is 0.0840 e. The largest absolute Gasteiger partial charge is 0.386 e. The minimum atomic E-state index is -0.779. The van der Waals surface area contributed by atoms with Gasteiger partial charge in [0.1, 0.15) is 0 Å². The topological polar surface area (TPSA) is 30.0 Å². The van der Waals surface area contributed by atoms with Crippen molar-refractivity contribution in [2.75, 3.05) is 56.1 Å². The van der Waals surface area contributed by atoms with Gasteiger partial charge in [0.15, 0.2) is 0 Å². The monoisotopic (exact) mass is 393 g/mol. The predicted octanol–water partition coefficient (Wildman–Crippen LogP) is 3.73. The quantitative estimate of drug-likeness (QED) is 0.838.